The molecular formula is C23H27N5O. The molecule has 0 aliphatic heterocycles. The second-order valence-electron chi connectivity index (χ2n) is 7.87. The molecule has 1 amide bonds. The Morgan fingerprint density at radius 1 is 1.03 bits per heavy atom. The molecule has 150 valence electrons. The summed E-state index contributed by atoms with van der Waals surface area (Å²) in [6.45, 7) is 5.95. The number of carbonyl (C=O) groups is 1. The van der Waals surface area contributed by atoms with Gasteiger partial charge in [-0.3, -0.25) is 4.79 Å². The Bertz CT molecular complexity index is 991. The van der Waals surface area contributed by atoms with E-state index in [9.17, 15) is 4.79 Å². The summed E-state index contributed by atoms with van der Waals surface area (Å²) in [5.41, 5.74) is 3.08. The molecule has 0 unspecified atom stereocenters. The molecule has 4 rings (SSSR count). The minimum absolute atomic E-state index is 0.0243. The van der Waals surface area contributed by atoms with E-state index in [0.29, 0.717) is 5.82 Å². The summed E-state index contributed by atoms with van der Waals surface area (Å²) >= 11 is 0. The van der Waals surface area contributed by atoms with Crippen LogP contribution in [0.5, 0.6) is 0 Å². The zero-order chi connectivity index (χ0) is 20.4. The fraction of sp³-hybridized carbons (Fsp3) is 0.391. The van der Waals surface area contributed by atoms with Crippen LogP contribution < -0.4 is 5.32 Å². The Balaban J connectivity index is 1.66. The van der Waals surface area contributed by atoms with E-state index in [0.717, 1.165) is 54.1 Å². The lowest BCUT2D eigenvalue weighted by molar-refractivity contribution is -0.121. The topological polar surface area (TPSA) is 72.7 Å². The molecule has 2 atom stereocenters. The van der Waals surface area contributed by atoms with Crippen molar-refractivity contribution < 1.29 is 4.79 Å². The van der Waals surface area contributed by atoms with Crippen molar-refractivity contribution in [3.8, 4) is 5.82 Å². The molecule has 1 saturated carbocycles. The van der Waals surface area contributed by atoms with Gasteiger partial charge in [0.05, 0.1) is 0 Å². The quantitative estimate of drug-likeness (QED) is 0.713. The summed E-state index contributed by atoms with van der Waals surface area (Å²) in [5.74, 6) is 2.24. The summed E-state index contributed by atoms with van der Waals surface area (Å²) in [6.07, 6.45) is 5.68. The van der Waals surface area contributed by atoms with Crippen molar-refractivity contribution >= 4 is 11.6 Å². The van der Waals surface area contributed by atoms with Crippen LogP contribution in [0.15, 0.2) is 42.6 Å². The molecule has 0 bridgehead atoms. The van der Waals surface area contributed by atoms with Crippen LogP contribution in [0.4, 0.5) is 5.69 Å². The molecule has 0 radical (unpaired) electrons. The normalized spacial score (nSPS) is 19.1. The molecule has 2 aromatic heterocycles. The lowest BCUT2D eigenvalue weighted by Crippen LogP contribution is -2.32. The van der Waals surface area contributed by atoms with Gasteiger partial charge in [-0.15, -0.1) is 5.10 Å². The number of amides is 1. The summed E-state index contributed by atoms with van der Waals surface area (Å²) in [6, 6.07) is 11.8. The number of rotatable bonds is 4. The van der Waals surface area contributed by atoms with Crippen LogP contribution in [0.3, 0.4) is 0 Å². The molecule has 3 aromatic rings. The first kappa shape index (κ1) is 19.3. The Labute approximate surface area is 171 Å². The minimum Gasteiger partial charge on any atom is -0.325 e. The van der Waals surface area contributed by atoms with Crippen molar-refractivity contribution in [3.63, 3.8) is 0 Å². The van der Waals surface area contributed by atoms with E-state index in [1.165, 1.54) is 0 Å². The molecule has 1 fully saturated rings. The Morgan fingerprint density at radius 2 is 1.79 bits per heavy atom. The van der Waals surface area contributed by atoms with Crippen LogP contribution >= 0.6 is 0 Å². The number of anilines is 1. The molecule has 1 aliphatic rings. The number of benzene rings is 1. The lowest BCUT2D eigenvalue weighted by Gasteiger charge is -2.30. The van der Waals surface area contributed by atoms with E-state index in [-0.39, 0.29) is 17.7 Å². The van der Waals surface area contributed by atoms with E-state index in [1.807, 2.05) is 61.9 Å². The van der Waals surface area contributed by atoms with E-state index in [2.05, 4.69) is 15.4 Å². The van der Waals surface area contributed by atoms with Crippen molar-refractivity contribution in [2.24, 2.45) is 5.92 Å². The lowest BCUT2D eigenvalue weighted by atomic mass is 9.78. The highest BCUT2D eigenvalue weighted by Gasteiger charge is 2.36. The smallest absolute Gasteiger partial charge is 0.228 e. The van der Waals surface area contributed by atoms with Crippen LogP contribution in [-0.2, 0) is 4.79 Å². The third kappa shape index (κ3) is 3.92. The van der Waals surface area contributed by atoms with Gasteiger partial charge in [-0.05, 0) is 56.9 Å². The van der Waals surface area contributed by atoms with Gasteiger partial charge in [0, 0.05) is 23.7 Å². The van der Waals surface area contributed by atoms with Crippen LogP contribution in [-0.4, -0.2) is 25.7 Å². The molecular weight excluding hydrogens is 362 g/mol. The van der Waals surface area contributed by atoms with Crippen LogP contribution in [0.25, 0.3) is 5.82 Å². The zero-order valence-corrected chi connectivity index (χ0v) is 17.2. The minimum atomic E-state index is -0.131. The zero-order valence-electron chi connectivity index (χ0n) is 17.2. The van der Waals surface area contributed by atoms with E-state index in [4.69, 9.17) is 4.98 Å². The standard InChI is InChI=1S/C23H27N5O/c1-15-9-8-10-16(2)21(15)26-23(29)19-12-5-4-11-18(19)22-25-17(3)27-28(22)20-13-6-7-14-24-20/h6-10,13-14,18-19H,4-5,11-12H2,1-3H3,(H,26,29)/t18-,19+/m0/s1. The van der Waals surface area contributed by atoms with Crippen LogP contribution in [0, 0.1) is 26.7 Å². The maximum absolute atomic E-state index is 13.3. The molecule has 0 saturated heterocycles. The van der Waals surface area contributed by atoms with Crippen LogP contribution in [0.1, 0.15) is 54.4 Å². The van der Waals surface area contributed by atoms with Crippen molar-refractivity contribution in [1.82, 2.24) is 19.7 Å². The number of carbonyl (C=O) groups excluding carboxylic acids is 1. The molecule has 6 heteroatoms. The molecule has 1 N–H and O–H groups in total. The second kappa shape index (κ2) is 8.15. The predicted octanol–water partition coefficient (Wildman–Crippen LogP) is 4.50. The summed E-state index contributed by atoms with van der Waals surface area (Å²) in [7, 11) is 0. The highest BCUT2D eigenvalue weighted by molar-refractivity contribution is 5.94. The van der Waals surface area contributed by atoms with Crippen molar-refractivity contribution in [3.05, 3.63) is 65.4 Å². The SMILES string of the molecule is Cc1nc([C@H]2CCCC[C@H]2C(=O)Nc2c(C)cccc2C)n(-c2ccccn2)n1. The fourth-order valence-corrected chi connectivity index (χ4v) is 4.30. The summed E-state index contributed by atoms with van der Waals surface area (Å²) in [4.78, 5) is 22.5. The fourth-order valence-electron chi connectivity index (χ4n) is 4.30. The van der Waals surface area contributed by atoms with Crippen molar-refractivity contribution in [2.45, 2.75) is 52.4 Å². The van der Waals surface area contributed by atoms with Gasteiger partial charge in [0.25, 0.3) is 0 Å². The maximum atomic E-state index is 13.3. The van der Waals surface area contributed by atoms with Gasteiger partial charge in [0.1, 0.15) is 11.6 Å². The molecule has 29 heavy (non-hydrogen) atoms. The second-order valence-corrected chi connectivity index (χ2v) is 7.87. The van der Waals surface area contributed by atoms with E-state index >= 15 is 0 Å². The van der Waals surface area contributed by atoms with Gasteiger partial charge in [-0.1, -0.05) is 37.1 Å². The average Bonchev–Trinajstić information content (AvgIpc) is 3.13. The number of para-hydroxylation sites is 1. The number of aromatic nitrogens is 4. The average molecular weight is 390 g/mol. The highest BCUT2D eigenvalue weighted by atomic mass is 16.1. The summed E-state index contributed by atoms with van der Waals surface area (Å²) < 4.78 is 1.81. The predicted molar refractivity (Wildman–Crippen MR) is 113 cm³/mol. The molecule has 2 heterocycles. The number of nitrogens with one attached hydrogen (secondary N) is 1. The largest absolute Gasteiger partial charge is 0.325 e. The maximum Gasteiger partial charge on any atom is 0.228 e. The van der Waals surface area contributed by atoms with E-state index < -0.39 is 0 Å². The molecule has 6 nitrogen and oxygen atoms in total. The molecule has 1 aromatic carbocycles. The van der Waals surface area contributed by atoms with Gasteiger partial charge >= 0.3 is 0 Å². The number of nitrogens with zero attached hydrogens (tertiary/aromatic N) is 4. The Kier molecular flexibility index (Phi) is 5.43. The third-order valence-corrected chi connectivity index (χ3v) is 5.77. The Hall–Kier alpha value is -3.02. The van der Waals surface area contributed by atoms with Gasteiger partial charge in [-0.25, -0.2) is 9.97 Å². The number of aryl methyl sites for hydroxylation is 3. The first-order chi connectivity index (χ1) is 14.0. The highest BCUT2D eigenvalue weighted by Crippen LogP contribution is 2.38. The first-order valence-corrected chi connectivity index (χ1v) is 10.3. The van der Waals surface area contributed by atoms with Gasteiger partial charge in [-0.2, -0.15) is 4.68 Å². The van der Waals surface area contributed by atoms with Gasteiger partial charge in [0.2, 0.25) is 5.91 Å². The summed E-state index contributed by atoms with van der Waals surface area (Å²) in [5, 5.41) is 7.78. The van der Waals surface area contributed by atoms with E-state index in [1.54, 1.807) is 6.20 Å². The monoisotopic (exact) mass is 389 g/mol. The van der Waals surface area contributed by atoms with Crippen molar-refractivity contribution in [1.29, 1.82) is 0 Å². The Morgan fingerprint density at radius 3 is 2.52 bits per heavy atom. The molecule has 0 spiro atoms. The number of hydrogen-bond donors (Lipinski definition) is 1. The first-order valence-electron chi connectivity index (χ1n) is 10.3. The number of pyridine rings is 1. The molecule has 1 aliphatic carbocycles. The van der Waals surface area contributed by atoms with Crippen molar-refractivity contribution in [2.75, 3.05) is 5.32 Å². The van der Waals surface area contributed by atoms with Gasteiger partial charge < -0.3 is 5.32 Å². The number of hydrogen-bond acceptors (Lipinski definition) is 4. The third-order valence-electron chi connectivity index (χ3n) is 5.77. The van der Waals surface area contributed by atoms with Gasteiger partial charge in [0.15, 0.2) is 5.82 Å². The van der Waals surface area contributed by atoms with Crippen LogP contribution in [0.2, 0.25) is 0 Å².